The van der Waals surface area contributed by atoms with E-state index in [0.29, 0.717) is 0 Å². The monoisotopic (exact) mass is 766 g/mol. The molecule has 0 aliphatic rings. The van der Waals surface area contributed by atoms with Gasteiger partial charge in [0.25, 0.3) is 0 Å². The standard InChI is InChI=1S/C57H54N2/c1-9-54-52(38-40(2)56(3,4)5)53-39-47(57(6,7)8)28-37-55(53)59(54)51-35-26-46(27-36-51)45-24-33-50(34-25-45)58(48-29-20-43(21-30-48)41-16-12-10-13-17-41)49-31-22-44(23-32-49)42-18-14-11-15-19-42/h9-39H,1H2,2-8H3/b40-38+. The smallest absolute Gasteiger partial charge is 0.0541 e. The number of rotatable bonds is 9. The second-order valence-electron chi connectivity index (χ2n) is 17.7. The minimum Gasteiger partial charge on any atom is -0.311 e. The van der Waals surface area contributed by atoms with Crippen molar-refractivity contribution in [3.05, 3.63) is 205 Å². The summed E-state index contributed by atoms with van der Waals surface area (Å²) in [4.78, 5) is 2.34. The van der Waals surface area contributed by atoms with Crippen LogP contribution in [0.3, 0.4) is 0 Å². The predicted molar refractivity (Wildman–Crippen MR) is 256 cm³/mol. The van der Waals surface area contributed by atoms with Gasteiger partial charge in [0.1, 0.15) is 0 Å². The Labute approximate surface area is 351 Å². The van der Waals surface area contributed by atoms with E-state index in [4.69, 9.17) is 0 Å². The van der Waals surface area contributed by atoms with Crippen LogP contribution in [0.2, 0.25) is 0 Å². The Bertz CT molecular complexity index is 2650. The van der Waals surface area contributed by atoms with Gasteiger partial charge >= 0.3 is 0 Å². The molecule has 1 heterocycles. The van der Waals surface area contributed by atoms with Crippen LogP contribution in [0.25, 0.3) is 62.1 Å². The third kappa shape index (κ3) is 8.09. The molecule has 0 bridgehead atoms. The van der Waals surface area contributed by atoms with Crippen LogP contribution in [0.5, 0.6) is 0 Å². The molecule has 0 radical (unpaired) electrons. The average Bonchev–Trinajstić information content (AvgIpc) is 3.57. The van der Waals surface area contributed by atoms with Gasteiger partial charge in [0.2, 0.25) is 0 Å². The van der Waals surface area contributed by atoms with Crippen molar-refractivity contribution in [2.24, 2.45) is 5.41 Å². The highest BCUT2D eigenvalue weighted by Gasteiger charge is 2.22. The summed E-state index contributed by atoms with van der Waals surface area (Å²) >= 11 is 0. The maximum atomic E-state index is 4.33. The molecule has 0 amide bonds. The molecule has 292 valence electrons. The zero-order valence-corrected chi connectivity index (χ0v) is 35.5. The largest absolute Gasteiger partial charge is 0.311 e. The zero-order chi connectivity index (χ0) is 41.3. The van der Waals surface area contributed by atoms with E-state index < -0.39 is 0 Å². The molecule has 8 rings (SSSR count). The quantitative estimate of drug-likeness (QED) is 0.142. The number of benzene rings is 7. The van der Waals surface area contributed by atoms with E-state index in [0.717, 1.165) is 28.4 Å². The maximum absolute atomic E-state index is 4.33. The Hall–Kier alpha value is -6.64. The Kier molecular flexibility index (Phi) is 10.6. The van der Waals surface area contributed by atoms with Crippen molar-refractivity contribution < 1.29 is 0 Å². The number of hydrogen-bond donors (Lipinski definition) is 0. The van der Waals surface area contributed by atoms with E-state index in [9.17, 15) is 0 Å². The summed E-state index contributed by atoms with van der Waals surface area (Å²) in [5.41, 5.74) is 17.9. The second kappa shape index (κ2) is 16.0. The van der Waals surface area contributed by atoms with Gasteiger partial charge in [-0.3, -0.25) is 0 Å². The van der Waals surface area contributed by atoms with Crippen molar-refractivity contribution in [1.29, 1.82) is 0 Å². The SMILES string of the molecule is C=Cc1c(/C=C(\C)C(C)(C)C)c2cc(C(C)(C)C)ccc2n1-c1ccc(-c2ccc(N(c3ccc(-c4ccccc4)cc3)c3ccc(-c4ccccc4)cc3)cc2)cc1. The highest BCUT2D eigenvalue weighted by Crippen LogP contribution is 2.40. The molecular weight excluding hydrogens is 713 g/mol. The van der Waals surface area contributed by atoms with Crippen LogP contribution in [-0.4, -0.2) is 4.57 Å². The second-order valence-corrected chi connectivity index (χ2v) is 17.7. The molecule has 0 unspecified atom stereocenters. The molecule has 0 aliphatic heterocycles. The van der Waals surface area contributed by atoms with Gasteiger partial charge in [-0.15, -0.1) is 0 Å². The lowest BCUT2D eigenvalue weighted by Gasteiger charge is -2.26. The molecule has 0 saturated carbocycles. The molecule has 0 N–H and O–H groups in total. The molecule has 0 spiro atoms. The molecule has 0 aliphatic carbocycles. The third-order valence-corrected chi connectivity index (χ3v) is 11.7. The lowest BCUT2D eigenvalue weighted by atomic mass is 9.84. The number of fused-ring (bicyclic) bond motifs is 1. The summed E-state index contributed by atoms with van der Waals surface area (Å²) in [6.07, 6.45) is 4.39. The summed E-state index contributed by atoms with van der Waals surface area (Å²) in [7, 11) is 0. The highest BCUT2D eigenvalue weighted by molar-refractivity contribution is 5.96. The van der Waals surface area contributed by atoms with Gasteiger partial charge in [0.15, 0.2) is 0 Å². The summed E-state index contributed by atoms with van der Waals surface area (Å²) < 4.78 is 2.37. The number of aromatic nitrogens is 1. The summed E-state index contributed by atoms with van der Waals surface area (Å²) in [5.74, 6) is 0. The van der Waals surface area contributed by atoms with Gasteiger partial charge in [0.05, 0.1) is 11.2 Å². The Morgan fingerprint density at radius 2 is 0.915 bits per heavy atom. The number of hydrogen-bond acceptors (Lipinski definition) is 1. The van der Waals surface area contributed by atoms with Crippen LogP contribution >= 0.6 is 0 Å². The van der Waals surface area contributed by atoms with Crippen LogP contribution in [0, 0.1) is 5.41 Å². The summed E-state index contributed by atoms with van der Waals surface area (Å²) in [6, 6.07) is 63.7. The number of nitrogens with zero attached hydrogens (tertiary/aromatic N) is 2. The number of anilines is 3. The molecule has 0 saturated heterocycles. The first-order valence-corrected chi connectivity index (χ1v) is 20.7. The van der Waals surface area contributed by atoms with Gasteiger partial charge < -0.3 is 9.47 Å². The van der Waals surface area contributed by atoms with Crippen LogP contribution in [0.15, 0.2) is 188 Å². The first-order valence-electron chi connectivity index (χ1n) is 20.7. The van der Waals surface area contributed by atoms with Gasteiger partial charge in [-0.2, -0.15) is 0 Å². The lowest BCUT2D eigenvalue weighted by molar-refractivity contribution is 0.508. The van der Waals surface area contributed by atoms with E-state index in [1.54, 1.807) is 0 Å². The van der Waals surface area contributed by atoms with Gasteiger partial charge in [0, 0.05) is 33.7 Å². The molecule has 8 aromatic rings. The number of allylic oxidation sites excluding steroid dienone is 1. The van der Waals surface area contributed by atoms with Crippen molar-refractivity contribution in [3.63, 3.8) is 0 Å². The molecule has 2 heteroatoms. The molecular formula is C57H54N2. The minimum atomic E-state index is 0.0406. The topological polar surface area (TPSA) is 8.17 Å². The fraction of sp³-hybridized carbons (Fsp3) is 0.158. The van der Waals surface area contributed by atoms with E-state index in [1.807, 2.05) is 6.08 Å². The summed E-state index contributed by atoms with van der Waals surface area (Å²) in [6.45, 7) is 20.3. The highest BCUT2D eigenvalue weighted by atomic mass is 15.1. The third-order valence-electron chi connectivity index (χ3n) is 11.7. The van der Waals surface area contributed by atoms with Gasteiger partial charge in [-0.05, 0) is 123 Å². The van der Waals surface area contributed by atoms with Crippen molar-refractivity contribution in [1.82, 2.24) is 4.57 Å². The van der Waals surface area contributed by atoms with E-state index in [2.05, 4.69) is 247 Å². The molecule has 59 heavy (non-hydrogen) atoms. The van der Waals surface area contributed by atoms with Crippen molar-refractivity contribution in [2.75, 3.05) is 4.90 Å². The molecule has 7 aromatic carbocycles. The lowest BCUT2D eigenvalue weighted by Crippen LogP contribution is -2.10. The van der Waals surface area contributed by atoms with Crippen LogP contribution in [0.4, 0.5) is 17.1 Å². The average molecular weight is 767 g/mol. The Balaban J connectivity index is 1.15. The molecule has 0 fully saturated rings. The van der Waals surface area contributed by atoms with Crippen molar-refractivity contribution >= 4 is 40.1 Å². The van der Waals surface area contributed by atoms with Crippen LogP contribution in [-0.2, 0) is 5.41 Å². The fourth-order valence-corrected chi connectivity index (χ4v) is 7.79. The van der Waals surface area contributed by atoms with Crippen molar-refractivity contribution in [2.45, 2.75) is 53.9 Å². The Morgan fingerprint density at radius 3 is 1.31 bits per heavy atom. The van der Waals surface area contributed by atoms with Crippen LogP contribution in [0.1, 0.15) is 65.3 Å². The molecule has 1 aromatic heterocycles. The fourth-order valence-electron chi connectivity index (χ4n) is 7.79. The van der Waals surface area contributed by atoms with Crippen LogP contribution < -0.4 is 4.90 Å². The summed E-state index contributed by atoms with van der Waals surface area (Å²) in [5, 5.41) is 1.25. The molecule has 2 nitrogen and oxygen atoms in total. The maximum Gasteiger partial charge on any atom is 0.0541 e. The first kappa shape index (κ1) is 39.2. The van der Waals surface area contributed by atoms with Gasteiger partial charge in [-0.1, -0.05) is 175 Å². The van der Waals surface area contributed by atoms with Gasteiger partial charge in [-0.25, -0.2) is 0 Å². The Morgan fingerprint density at radius 1 is 0.508 bits per heavy atom. The minimum absolute atomic E-state index is 0.0406. The van der Waals surface area contributed by atoms with E-state index in [-0.39, 0.29) is 10.8 Å². The zero-order valence-electron chi connectivity index (χ0n) is 35.5. The normalized spacial score (nSPS) is 12.2. The predicted octanol–water partition coefficient (Wildman–Crippen LogP) is 16.5. The van der Waals surface area contributed by atoms with Crippen molar-refractivity contribution in [3.8, 4) is 39.1 Å². The molecule has 0 atom stereocenters. The van der Waals surface area contributed by atoms with E-state index >= 15 is 0 Å². The van der Waals surface area contributed by atoms with E-state index in [1.165, 1.54) is 61.0 Å². The first-order chi connectivity index (χ1) is 28.4.